The van der Waals surface area contributed by atoms with Crippen molar-refractivity contribution < 1.29 is 4.79 Å². The van der Waals surface area contributed by atoms with Crippen LogP contribution in [-0.2, 0) is 17.6 Å². The average Bonchev–Trinajstić information content (AvgIpc) is 2.56. The molecule has 1 unspecified atom stereocenters. The van der Waals surface area contributed by atoms with E-state index in [2.05, 4.69) is 22.5 Å². The molecule has 23 heavy (non-hydrogen) atoms. The fraction of sp³-hybridized carbons (Fsp3) is 0.368. The van der Waals surface area contributed by atoms with Crippen LogP contribution in [0.15, 0.2) is 48.7 Å². The lowest BCUT2D eigenvalue weighted by atomic mass is 10.1. The highest BCUT2D eigenvalue weighted by atomic mass is 16.1. The van der Waals surface area contributed by atoms with Crippen LogP contribution in [0.4, 0.5) is 5.69 Å². The number of para-hydroxylation sites is 1. The van der Waals surface area contributed by atoms with E-state index in [1.807, 2.05) is 49.4 Å². The van der Waals surface area contributed by atoms with E-state index in [0.29, 0.717) is 6.42 Å². The van der Waals surface area contributed by atoms with Crippen molar-refractivity contribution in [3.63, 3.8) is 0 Å². The number of aromatic nitrogens is 1. The van der Waals surface area contributed by atoms with Gasteiger partial charge in [-0.1, -0.05) is 31.2 Å². The third-order valence-corrected chi connectivity index (χ3v) is 3.76. The van der Waals surface area contributed by atoms with E-state index in [1.54, 1.807) is 6.20 Å². The van der Waals surface area contributed by atoms with Crippen LogP contribution in [-0.4, -0.2) is 23.5 Å². The number of benzene rings is 1. The third-order valence-electron chi connectivity index (χ3n) is 3.76. The molecular weight excluding hydrogens is 286 g/mol. The van der Waals surface area contributed by atoms with Gasteiger partial charge in [0.15, 0.2) is 0 Å². The monoisotopic (exact) mass is 311 g/mol. The Balaban J connectivity index is 1.74. The van der Waals surface area contributed by atoms with Gasteiger partial charge in [-0.05, 0) is 37.1 Å². The van der Waals surface area contributed by atoms with E-state index < -0.39 is 0 Å². The minimum atomic E-state index is 0.0451. The first-order valence-corrected chi connectivity index (χ1v) is 8.20. The second-order valence-electron chi connectivity index (χ2n) is 5.69. The minimum Gasteiger partial charge on any atom is -0.326 e. The van der Waals surface area contributed by atoms with Crippen molar-refractivity contribution in [1.82, 2.24) is 10.3 Å². The van der Waals surface area contributed by atoms with Crippen LogP contribution >= 0.6 is 0 Å². The summed E-state index contributed by atoms with van der Waals surface area (Å²) in [5, 5.41) is 6.38. The summed E-state index contributed by atoms with van der Waals surface area (Å²) in [6.07, 6.45) is 4.04. The molecule has 0 radical (unpaired) electrons. The number of amides is 1. The number of rotatable bonds is 8. The molecule has 1 aromatic heterocycles. The summed E-state index contributed by atoms with van der Waals surface area (Å²) < 4.78 is 0. The molecule has 0 bridgehead atoms. The van der Waals surface area contributed by atoms with E-state index in [4.69, 9.17) is 0 Å². The normalized spacial score (nSPS) is 11.9. The molecule has 0 aliphatic rings. The number of pyridine rings is 1. The quantitative estimate of drug-likeness (QED) is 0.787. The molecule has 4 heteroatoms. The zero-order chi connectivity index (χ0) is 16.5. The van der Waals surface area contributed by atoms with Crippen molar-refractivity contribution in [1.29, 1.82) is 0 Å². The maximum absolute atomic E-state index is 12.2. The van der Waals surface area contributed by atoms with Gasteiger partial charge in [-0.15, -0.1) is 0 Å². The lowest BCUT2D eigenvalue weighted by Gasteiger charge is -2.15. The van der Waals surface area contributed by atoms with E-state index >= 15 is 0 Å². The van der Waals surface area contributed by atoms with Crippen molar-refractivity contribution in [2.45, 2.75) is 39.2 Å². The molecule has 0 aliphatic heterocycles. The number of anilines is 1. The van der Waals surface area contributed by atoms with Crippen LogP contribution in [0, 0.1) is 0 Å². The van der Waals surface area contributed by atoms with Crippen LogP contribution in [0.3, 0.4) is 0 Å². The number of nitrogens with zero attached hydrogens (tertiary/aromatic N) is 1. The Labute approximate surface area is 138 Å². The molecule has 2 rings (SSSR count). The Morgan fingerprint density at radius 1 is 1.17 bits per heavy atom. The Bertz CT molecular complexity index is 613. The van der Waals surface area contributed by atoms with Gasteiger partial charge in [0.1, 0.15) is 0 Å². The molecule has 2 aromatic rings. The summed E-state index contributed by atoms with van der Waals surface area (Å²) in [5.41, 5.74) is 3.14. The fourth-order valence-corrected chi connectivity index (χ4v) is 2.49. The van der Waals surface area contributed by atoms with Gasteiger partial charge in [0.05, 0.1) is 0 Å². The maximum atomic E-state index is 12.2. The second kappa shape index (κ2) is 9.06. The molecule has 1 heterocycles. The van der Waals surface area contributed by atoms with Gasteiger partial charge < -0.3 is 10.6 Å². The predicted octanol–water partition coefficient (Wildman–Crippen LogP) is 3.19. The van der Waals surface area contributed by atoms with Gasteiger partial charge in [0, 0.05) is 43.0 Å². The molecule has 1 amide bonds. The molecular formula is C19H25N3O. The van der Waals surface area contributed by atoms with Gasteiger partial charge in [0.2, 0.25) is 5.91 Å². The maximum Gasteiger partial charge on any atom is 0.225 e. The average molecular weight is 311 g/mol. The molecule has 0 fully saturated rings. The zero-order valence-corrected chi connectivity index (χ0v) is 13.9. The van der Waals surface area contributed by atoms with Gasteiger partial charge in [0.25, 0.3) is 0 Å². The lowest BCUT2D eigenvalue weighted by molar-refractivity contribution is -0.116. The van der Waals surface area contributed by atoms with Crippen LogP contribution < -0.4 is 10.6 Å². The predicted molar refractivity (Wildman–Crippen MR) is 94.5 cm³/mol. The standard InChI is InChI=1S/C19H25N3O/c1-3-16-8-4-5-10-18(16)22-19(23)14-15(2)20-13-11-17-9-6-7-12-21-17/h4-10,12,15,20H,3,11,13-14H2,1-2H3,(H,22,23). The Kier molecular flexibility index (Phi) is 6.76. The number of nitrogens with one attached hydrogen (secondary N) is 2. The molecule has 2 N–H and O–H groups in total. The number of hydrogen-bond acceptors (Lipinski definition) is 3. The summed E-state index contributed by atoms with van der Waals surface area (Å²) in [4.78, 5) is 16.5. The molecule has 1 atom stereocenters. The second-order valence-corrected chi connectivity index (χ2v) is 5.69. The summed E-state index contributed by atoms with van der Waals surface area (Å²) in [6, 6.07) is 14.0. The van der Waals surface area contributed by atoms with Gasteiger partial charge in [-0.3, -0.25) is 9.78 Å². The molecule has 4 nitrogen and oxygen atoms in total. The van der Waals surface area contributed by atoms with Gasteiger partial charge in [-0.2, -0.15) is 0 Å². The summed E-state index contributed by atoms with van der Waals surface area (Å²) in [5.74, 6) is 0.0451. The highest BCUT2D eigenvalue weighted by Gasteiger charge is 2.10. The van der Waals surface area contributed by atoms with Crippen molar-refractivity contribution >= 4 is 11.6 Å². The van der Waals surface area contributed by atoms with Gasteiger partial charge >= 0.3 is 0 Å². The Morgan fingerprint density at radius 2 is 1.96 bits per heavy atom. The highest BCUT2D eigenvalue weighted by Crippen LogP contribution is 2.15. The number of hydrogen-bond donors (Lipinski definition) is 2. The topological polar surface area (TPSA) is 54.0 Å². The SMILES string of the molecule is CCc1ccccc1NC(=O)CC(C)NCCc1ccccn1. The van der Waals surface area contributed by atoms with E-state index in [1.165, 1.54) is 0 Å². The zero-order valence-electron chi connectivity index (χ0n) is 13.9. The van der Waals surface area contributed by atoms with Crippen LogP contribution in [0.1, 0.15) is 31.5 Å². The molecule has 1 aromatic carbocycles. The number of carbonyl (C=O) groups is 1. The first-order chi connectivity index (χ1) is 11.2. The molecule has 0 aliphatic carbocycles. The summed E-state index contributed by atoms with van der Waals surface area (Å²) >= 11 is 0. The smallest absolute Gasteiger partial charge is 0.225 e. The first kappa shape index (κ1) is 17.2. The number of aryl methyl sites for hydroxylation is 1. The molecule has 0 saturated carbocycles. The largest absolute Gasteiger partial charge is 0.326 e. The lowest BCUT2D eigenvalue weighted by Crippen LogP contribution is -2.32. The summed E-state index contributed by atoms with van der Waals surface area (Å²) in [6.45, 7) is 4.94. The first-order valence-electron chi connectivity index (χ1n) is 8.20. The van der Waals surface area contributed by atoms with Crippen molar-refractivity contribution in [3.05, 3.63) is 59.9 Å². The Hall–Kier alpha value is -2.20. The fourth-order valence-electron chi connectivity index (χ4n) is 2.49. The van der Waals surface area contributed by atoms with Crippen molar-refractivity contribution in [2.24, 2.45) is 0 Å². The van der Waals surface area contributed by atoms with Crippen LogP contribution in [0.2, 0.25) is 0 Å². The van der Waals surface area contributed by atoms with Crippen LogP contribution in [0.25, 0.3) is 0 Å². The molecule has 122 valence electrons. The number of carbonyl (C=O) groups excluding carboxylic acids is 1. The van der Waals surface area contributed by atoms with Crippen LogP contribution in [0.5, 0.6) is 0 Å². The minimum absolute atomic E-state index is 0.0451. The molecule has 0 spiro atoms. The Morgan fingerprint density at radius 3 is 2.70 bits per heavy atom. The molecule has 0 saturated heterocycles. The van der Waals surface area contributed by atoms with Gasteiger partial charge in [-0.25, -0.2) is 0 Å². The van der Waals surface area contributed by atoms with Crippen molar-refractivity contribution in [2.75, 3.05) is 11.9 Å². The van der Waals surface area contributed by atoms with Crippen molar-refractivity contribution in [3.8, 4) is 0 Å². The van der Waals surface area contributed by atoms with E-state index in [9.17, 15) is 4.79 Å². The third kappa shape index (κ3) is 5.83. The van der Waals surface area contributed by atoms with E-state index in [0.717, 1.165) is 36.3 Å². The highest BCUT2D eigenvalue weighted by molar-refractivity contribution is 5.91. The summed E-state index contributed by atoms with van der Waals surface area (Å²) in [7, 11) is 0. The van der Waals surface area contributed by atoms with E-state index in [-0.39, 0.29) is 11.9 Å².